The maximum Gasteiger partial charge on any atom is 0.113 e. The Balaban J connectivity index is 2.07. The molecule has 0 bridgehead atoms. The number of benzene rings is 1. The Kier molecular flexibility index (Phi) is 2.89. The summed E-state index contributed by atoms with van der Waals surface area (Å²) >= 11 is 0. The zero-order chi connectivity index (χ0) is 12.6. The van der Waals surface area contributed by atoms with Crippen molar-refractivity contribution >= 4 is 11.0 Å². The van der Waals surface area contributed by atoms with Gasteiger partial charge < -0.3 is 4.98 Å². The van der Waals surface area contributed by atoms with Crippen LogP contribution in [0.4, 0.5) is 0 Å². The Bertz CT molecular complexity index is 547. The quantitative estimate of drug-likeness (QED) is 0.851. The summed E-state index contributed by atoms with van der Waals surface area (Å²) in [5.41, 5.74) is 4.05. The fourth-order valence-electron chi connectivity index (χ4n) is 3.34. The van der Waals surface area contributed by atoms with E-state index in [1.165, 1.54) is 49.0 Å². The molecule has 1 N–H and O–H groups in total. The molecule has 1 aliphatic rings. The van der Waals surface area contributed by atoms with Gasteiger partial charge in [0.05, 0.1) is 11.0 Å². The molecule has 0 spiro atoms. The summed E-state index contributed by atoms with van der Waals surface area (Å²) in [5, 5.41) is 0. The van der Waals surface area contributed by atoms with Crippen molar-refractivity contribution in [3.8, 4) is 0 Å². The van der Waals surface area contributed by atoms with Gasteiger partial charge in [-0.1, -0.05) is 32.8 Å². The zero-order valence-electron chi connectivity index (χ0n) is 11.4. The van der Waals surface area contributed by atoms with Crippen molar-refractivity contribution in [2.45, 2.75) is 57.8 Å². The molecule has 0 saturated heterocycles. The highest BCUT2D eigenvalue weighted by Crippen LogP contribution is 2.42. The van der Waals surface area contributed by atoms with Crippen LogP contribution >= 0.6 is 0 Å². The number of nitrogens with zero attached hydrogens (tertiary/aromatic N) is 1. The Labute approximate surface area is 109 Å². The van der Waals surface area contributed by atoms with Gasteiger partial charge in [-0.3, -0.25) is 0 Å². The van der Waals surface area contributed by atoms with E-state index in [2.05, 4.69) is 37.0 Å². The molecule has 0 unspecified atom stereocenters. The largest absolute Gasteiger partial charge is 0.341 e. The van der Waals surface area contributed by atoms with Gasteiger partial charge in [0.1, 0.15) is 5.82 Å². The molecular weight excluding hydrogens is 220 g/mol. The van der Waals surface area contributed by atoms with Crippen molar-refractivity contribution in [1.29, 1.82) is 0 Å². The van der Waals surface area contributed by atoms with Crippen LogP contribution in [0.1, 0.15) is 57.3 Å². The van der Waals surface area contributed by atoms with Crippen LogP contribution in [0.3, 0.4) is 0 Å². The third kappa shape index (κ3) is 1.75. The number of H-pyrrole nitrogens is 1. The number of aromatic nitrogens is 2. The summed E-state index contributed by atoms with van der Waals surface area (Å²) in [6.45, 7) is 4.50. The van der Waals surface area contributed by atoms with Crippen molar-refractivity contribution in [1.82, 2.24) is 9.97 Å². The van der Waals surface area contributed by atoms with E-state index in [1.54, 1.807) is 0 Å². The predicted molar refractivity (Wildman–Crippen MR) is 75.9 cm³/mol. The molecule has 2 aromatic rings. The van der Waals surface area contributed by atoms with E-state index in [-0.39, 0.29) is 0 Å². The summed E-state index contributed by atoms with van der Waals surface area (Å²) < 4.78 is 0. The third-order valence-electron chi connectivity index (χ3n) is 4.69. The number of rotatable bonds is 3. The fraction of sp³-hybridized carbons (Fsp3) is 0.562. The first kappa shape index (κ1) is 11.8. The maximum atomic E-state index is 4.86. The van der Waals surface area contributed by atoms with E-state index in [0.717, 1.165) is 11.9 Å². The number of imidazole rings is 1. The monoisotopic (exact) mass is 242 g/mol. The van der Waals surface area contributed by atoms with Gasteiger partial charge in [-0.15, -0.1) is 0 Å². The molecule has 0 atom stereocenters. The topological polar surface area (TPSA) is 28.7 Å². The minimum absolute atomic E-state index is 0.325. The van der Waals surface area contributed by atoms with Crippen molar-refractivity contribution in [2.24, 2.45) is 0 Å². The van der Waals surface area contributed by atoms with E-state index in [4.69, 9.17) is 4.98 Å². The highest BCUT2D eigenvalue weighted by Gasteiger charge is 2.36. The van der Waals surface area contributed by atoms with Crippen molar-refractivity contribution < 1.29 is 0 Å². The first-order valence-corrected chi connectivity index (χ1v) is 7.26. The van der Waals surface area contributed by atoms with Crippen LogP contribution in [0.2, 0.25) is 0 Å². The van der Waals surface area contributed by atoms with Gasteiger partial charge in [0, 0.05) is 5.41 Å². The van der Waals surface area contributed by atoms with Crippen LogP contribution in [-0.2, 0) is 11.8 Å². The summed E-state index contributed by atoms with van der Waals surface area (Å²) in [7, 11) is 0. The number of nitrogens with one attached hydrogen (secondary N) is 1. The molecule has 96 valence electrons. The molecule has 1 fully saturated rings. The van der Waals surface area contributed by atoms with Crippen LogP contribution in [-0.4, -0.2) is 9.97 Å². The average Bonchev–Trinajstić information content (AvgIpc) is 3.04. The van der Waals surface area contributed by atoms with E-state index in [0.29, 0.717) is 5.41 Å². The Hall–Kier alpha value is -1.31. The molecule has 1 saturated carbocycles. The minimum atomic E-state index is 0.325. The Morgan fingerprint density at radius 2 is 2.00 bits per heavy atom. The molecule has 0 radical (unpaired) electrons. The molecule has 2 nitrogen and oxygen atoms in total. The van der Waals surface area contributed by atoms with Gasteiger partial charge in [0.15, 0.2) is 0 Å². The fourth-order valence-corrected chi connectivity index (χ4v) is 3.34. The Morgan fingerprint density at radius 3 is 2.67 bits per heavy atom. The second kappa shape index (κ2) is 4.42. The molecule has 2 heteroatoms. The van der Waals surface area contributed by atoms with Gasteiger partial charge >= 0.3 is 0 Å². The predicted octanol–water partition coefficient (Wildman–Crippen LogP) is 4.35. The van der Waals surface area contributed by atoms with E-state index >= 15 is 0 Å². The normalized spacial score (nSPS) is 18.6. The van der Waals surface area contributed by atoms with E-state index in [1.807, 2.05) is 0 Å². The van der Waals surface area contributed by atoms with Crippen LogP contribution < -0.4 is 0 Å². The van der Waals surface area contributed by atoms with Crippen LogP contribution in [0.25, 0.3) is 11.0 Å². The zero-order valence-corrected chi connectivity index (χ0v) is 11.4. The smallest absolute Gasteiger partial charge is 0.113 e. The summed E-state index contributed by atoms with van der Waals surface area (Å²) in [6, 6.07) is 6.61. The van der Waals surface area contributed by atoms with Gasteiger partial charge in [0.2, 0.25) is 0 Å². The molecular formula is C16H22N2. The second-order valence-corrected chi connectivity index (χ2v) is 5.63. The molecule has 1 aromatic carbocycles. The van der Waals surface area contributed by atoms with Gasteiger partial charge in [-0.05, 0) is 43.4 Å². The Morgan fingerprint density at radius 1 is 1.22 bits per heavy atom. The van der Waals surface area contributed by atoms with Gasteiger partial charge in [-0.25, -0.2) is 4.98 Å². The SMILES string of the molecule is CCc1ccc2nc(C3(CC)CCCC3)[nH]c2c1. The summed E-state index contributed by atoms with van der Waals surface area (Å²) in [5.74, 6) is 1.23. The van der Waals surface area contributed by atoms with Crippen LogP contribution in [0, 0.1) is 0 Å². The number of aromatic amines is 1. The molecule has 1 aliphatic carbocycles. The lowest BCUT2D eigenvalue weighted by Crippen LogP contribution is -2.22. The lowest BCUT2D eigenvalue weighted by molar-refractivity contribution is 0.403. The minimum Gasteiger partial charge on any atom is -0.341 e. The summed E-state index contributed by atoms with van der Waals surface area (Å²) in [4.78, 5) is 8.45. The third-order valence-corrected chi connectivity index (χ3v) is 4.69. The maximum absolute atomic E-state index is 4.86. The number of fused-ring (bicyclic) bond motifs is 1. The second-order valence-electron chi connectivity index (χ2n) is 5.63. The highest BCUT2D eigenvalue weighted by molar-refractivity contribution is 5.76. The lowest BCUT2D eigenvalue weighted by atomic mass is 9.83. The number of aryl methyl sites for hydroxylation is 1. The first-order chi connectivity index (χ1) is 8.77. The van der Waals surface area contributed by atoms with Crippen LogP contribution in [0.5, 0.6) is 0 Å². The molecule has 3 rings (SSSR count). The first-order valence-electron chi connectivity index (χ1n) is 7.26. The van der Waals surface area contributed by atoms with Crippen molar-refractivity contribution in [2.75, 3.05) is 0 Å². The highest BCUT2D eigenvalue weighted by atomic mass is 14.9. The lowest BCUT2D eigenvalue weighted by Gasteiger charge is -2.24. The van der Waals surface area contributed by atoms with Crippen molar-refractivity contribution in [3.63, 3.8) is 0 Å². The molecule has 0 amide bonds. The van der Waals surface area contributed by atoms with Crippen molar-refractivity contribution in [3.05, 3.63) is 29.6 Å². The number of hydrogen-bond acceptors (Lipinski definition) is 1. The standard InChI is InChI=1S/C16H22N2/c1-3-12-7-8-13-14(11-12)18-15(17-13)16(4-2)9-5-6-10-16/h7-8,11H,3-6,9-10H2,1-2H3,(H,17,18). The van der Waals surface area contributed by atoms with Gasteiger partial charge in [0.25, 0.3) is 0 Å². The van der Waals surface area contributed by atoms with Crippen LogP contribution in [0.15, 0.2) is 18.2 Å². The van der Waals surface area contributed by atoms with E-state index < -0.39 is 0 Å². The molecule has 1 heterocycles. The summed E-state index contributed by atoms with van der Waals surface area (Å²) in [6.07, 6.45) is 7.58. The molecule has 1 aromatic heterocycles. The van der Waals surface area contributed by atoms with Gasteiger partial charge in [-0.2, -0.15) is 0 Å². The van der Waals surface area contributed by atoms with E-state index in [9.17, 15) is 0 Å². The number of hydrogen-bond donors (Lipinski definition) is 1. The molecule has 18 heavy (non-hydrogen) atoms. The average molecular weight is 242 g/mol. The molecule has 0 aliphatic heterocycles.